The summed E-state index contributed by atoms with van der Waals surface area (Å²) in [5.74, 6) is -7.06. The Balaban J connectivity index is 1.55. The maximum atomic E-state index is 15.4. The molecule has 1 unspecified atom stereocenters. The number of rotatable bonds is 11. The van der Waals surface area contributed by atoms with Gasteiger partial charge in [0.2, 0.25) is 5.91 Å². The van der Waals surface area contributed by atoms with E-state index in [1.165, 1.54) is 26.0 Å². The van der Waals surface area contributed by atoms with Crippen molar-refractivity contribution in [2.75, 3.05) is 6.61 Å². The summed E-state index contributed by atoms with van der Waals surface area (Å²) in [7, 11) is 0. The van der Waals surface area contributed by atoms with Gasteiger partial charge >= 0.3 is 23.9 Å². The number of hydrogen-bond donors (Lipinski definition) is 4. The number of aliphatic hydroxyl groups excluding tert-OH is 2. The number of aliphatic hydroxyl groups is 3. The normalized spacial score (nSPS) is 33.1. The van der Waals surface area contributed by atoms with E-state index in [4.69, 9.17) is 23.7 Å². The van der Waals surface area contributed by atoms with Crippen LogP contribution in [0.25, 0.3) is 0 Å². The van der Waals surface area contributed by atoms with Crippen LogP contribution in [0.4, 0.5) is 0 Å². The van der Waals surface area contributed by atoms with Crippen LogP contribution in [0.3, 0.4) is 0 Å². The van der Waals surface area contributed by atoms with Gasteiger partial charge in [0.25, 0.3) is 0 Å². The molecular formula is C45H55NO14. The van der Waals surface area contributed by atoms with Gasteiger partial charge in [0, 0.05) is 38.0 Å². The molecule has 3 fully saturated rings. The Bertz CT molecular complexity index is 2050. The minimum Gasteiger partial charge on any atom is -0.456 e. The molecule has 1 saturated heterocycles. The van der Waals surface area contributed by atoms with Gasteiger partial charge in [-0.2, -0.15) is 0 Å². The molecule has 15 nitrogen and oxygen atoms in total. The fourth-order valence-corrected chi connectivity index (χ4v) is 9.85. The first-order valence-electron chi connectivity index (χ1n) is 20.3. The highest BCUT2D eigenvalue weighted by Gasteiger charge is 2.78. The van der Waals surface area contributed by atoms with Gasteiger partial charge in [-0.25, -0.2) is 9.59 Å². The summed E-state index contributed by atoms with van der Waals surface area (Å²) in [5, 5.41) is 40.1. The molecule has 2 aromatic carbocycles. The lowest BCUT2D eigenvalue weighted by molar-refractivity contribution is -0.346. The van der Waals surface area contributed by atoms with Crippen LogP contribution in [0.5, 0.6) is 0 Å². The number of benzene rings is 2. The van der Waals surface area contributed by atoms with Gasteiger partial charge in [-0.1, -0.05) is 76.2 Å². The van der Waals surface area contributed by atoms with Crippen LogP contribution in [0.1, 0.15) is 96.6 Å². The van der Waals surface area contributed by atoms with Crippen molar-refractivity contribution in [3.05, 3.63) is 82.9 Å². The van der Waals surface area contributed by atoms with Crippen molar-refractivity contribution in [1.82, 2.24) is 5.32 Å². The predicted molar refractivity (Wildman–Crippen MR) is 211 cm³/mol. The van der Waals surface area contributed by atoms with Crippen molar-refractivity contribution in [1.29, 1.82) is 0 Å². The summed E-state index contributed by atoms with van der Waals surface area (Å²) in [4.78, 5) is 83.0. The molecule has 1 aliphatic heterocycles. The molecule has 60 heavy (non-hydrogen) atoms. The molecule has 0 aromatic heterocycles. The van der Waals surface area contributed by atoms with Crippen molar-refractivity contribution >= 4 is 35.6 Å². The zero-order valence-corrected chi connectivity index (χ0v) is 35.1. The third kappa shape index (κ3) is 7.32. The van der Waals surface area contributed by atoms with Gasteiger partial charge in [-0.05, 0) is 49.1 Å². The topological polar surface area (TPSA) is 221 Å². The second-order valence-corrected chi connectivity index (χ2v) is 17.3. The van der Waals surface area contributed by atoms with E-state index in [9.17, 15) is 39.3 Å². The average Bonchev–Trinajstić information content (AvgIpc) is 3.20. The molecule has 1 heterocycles. The Hall–Kier alpha value is -4.96. The van der Waals surface area contributed by atoms with Crippen LogP contribution in [0, 0.1) is 22.7 Å². The lowest BCUT2D eigenvalue weighted by Gasteiger charge is -2.67. The summed E-state index contributed by atoms with van der Waals surface area (Å²) >= 11 is 0. The first-order chi connectivity index (χ1) is 28.1. The molecular weight excluding hydrogens is 778 g/mol. The maximum Gasteiger partial charge on any atom is 0.338 e. The van der Waals surface area contributed by atoms with Gasteiger partial charge in [-0.15, -0.1) is 0 Å². The number of ketones is 1. The average molecular weight is 834 g/mol. The number of ether oxygens (including phenoxy) is 5. The van der Waals surface area contributed by atoms with Crippen LogP contribution >= 0.6 is 0 Å². The SMILES string of the molecule is CCC(C)C(=O)N[C@H](c1ccccc1)[C@@H](O)C(=O)O[C@H]1C[C@@]2(O)[C@@H](OC(=O)c3ccccc3)[C@@H]3[C@]4(OC(C)=O)CO[C@@H]4C[C@H](O)[C@@]3(C)C(=O)[C@H](OC(C)=O)C(=C1C)C2(C)C. The van der Waals surface area contributed by atoms with Gasteiger partial charge in [-0.3, -0.25) is 19.2 Å². The number of hydrogen-bond acceptors (Lipinski definition) is 14. The number of fused-ring (bicyclic) bond motifs is 5. The van der Waals surface area contributed by atoms with E-state index < -0.39 is 119 Å². The molecule has 12 atom stereocenters. The monoisotopic (exact) mass is 833 g/mol. The number of Topliss-reactive ketones (excluding diaryl/α,β-unsaturated/α-hetero) is 1. The molecule has 0 radical (unpaired) electrons. The molecule has 4 N–H and O–H groups in total. The summed E-state index contributed by atoms with van der Waals surface area (Å²) in [5.41, 5.74) is -7.15. The fourth-order valence-electron chi connectivity index (χ4n) is 9.85. The Labute approximate surface area is 348 Å². The minimum absolute atomic E-state index is 0.00887. The van der Waals surface area contributed by atoms with Crippen LogP contribution in [-0.2, 0) is 47.7 Å². The highest BCUT2D eigenvalue weighted by molar-refractivity contribution is 5.95. The number of nitrogens with one attached hydrogen (secondary N) is 1. The molecule has 2 aromatic rings. The first kappa shape index (κ1) is 44.6. The van der Waals surface area contributed by atoms with E-state index in [0.717, 1.165) is 13.8 Å². The third-order valence-electron chi connectivity index (χ3n) is 13.5. The van der Waals surface area contributed by atoms with Crippen molar-refractivity contribution < 1.29 is 67.8 Å². The Morgan fingerprint density at radius 2 is 1.55 bits per heavy atom. The lowest BCUT2D eigenvalue weighted by Crippen LogP contribution is -2.82. The Morgan fingerprint density at radius 1 is 0.933 bits per heavy atom. The zero-order valence-electron chi connectivity index (χ0n) is 35.1. The molecule has 4 aliphatic rings. The van der Waals surface area contributed by atoms with E-state index >= 15 is 4.79 Å². The predicted octanol–water partition coefficient (Wildman–Crippen LogP) is 3.47. The van der Waals surface area contributed by atoms with Crippen LogP contribution in [0.15, 0.2) is 71.8 Å². The Kier molecular flexibility index (Phi) is 12.2. The van der Waals surface area contributed by atoms with Crippen molar-refractivity contribution in [2.45, 2.75) is 129 Å². The highest BCUT2D eigenvalue weighted by Crippen LogP contribution is 2.64. The van der Waals surface area contributed by atoms with Gasteiger partial charge in [0.15, 0.2) is 23.6 Å². The second-order valence-electron chi connectivity index (χ2n) is 17.3. The van der Waals surface area contributed by atoms with Crippen LogP contribution < -0.4 is 5.32 Å². The van der Waals surface area contributed by atoms with Crippen LogP contribution in [0.2, 0.25) is 0 Å². The number of carbonyl (C=O) groups excluding carboxylic acids is 6. The molecule has 6 rings (SSSR count). The van der Waals surface area contributed by atoms with Gasteiger partial charge in [0.05, 0.1) is 35.6 Å². The number of carbonyl (C=O) groups is 6. The van der Waals surface area contributed by atoms with Gasteiger partial charge < -0.3 is 44.3 Å². The summed E-state index contributed by atoms with van der Waals surface area (Å²) in [6.07, 6.45) is -9.88. The minimum atomic E-state index is -2.37. The zero-order chi connectivity index (χ0) is 44.1. The van der Waals surface area contributed by atoms with E-state index in [1.807, 2.05) is 6.92 Å². The molecule has 2 saturated carbocycles. The number of esters is 4. The summed E-state index contributed by atoms with van der Waals surface area (Å²) < 4.78 is 30.2. The van der Waals surface area contributed by atoms with E-state index in [2.05, 4.69) is 5.32 Å². The summed E-state index contributed by atoms with van der Waals surface area (Å²) in [6.45, 7) is 11.5. The van der Waals surface area contributed by atoms with E-state index in [0.29, 0.717) is 12.0 Å². The standard InChI is InChI=1S/C45H55NO14/c1-9-23(2)39(52)46-33(27-16-12-10-13-17-27)34(50)41(54)58-29-21-45(55)38(59-40(53)28-18-14-11-15-19-28)36-43(8,30(49)20-31-44(36,22-56-31)60-26(5)48)37(51)35(57-25(4)47)32(24(29)3)42(45,6)7/h10-19,23,29-31,33-36,38,49-50,55H,9,20-22H2,1-8H3,(H,46,52)/t23?,29-,30-,31+,33+,34+,35+,36-,38-,43+,44-,45+/m0/s1. The van der Waals surface area contributed by atoms with Crippen molar-refractivity contribution in [3.8, 4) is 0 Å². The summed E-state index contributed by atoms with van der Waals surface area (Å²) in [6, 6.07) is 14.9. The largest absolute Gasteiger partial charge is 0.456 e. The molecule has 324 valence electrons. The second kappa shape index (κ2) is 16.5. The maximum absolute atomic E-state index is 15.4. The van der Waals surface area contributed by atoms with Crippen LogP contribution in [-0.4, -0.2) is 105 Å². The molecule has 2 bridgehead atoms. The first-order valence-corrected chi connectivity index (χ1v) is 20.3. The quantitative estimate of drug-likeness (QED) is 0.145. The lowest BCUT2D eigenvalue weighted by atomic mass is 9.44. The van der Waals surface area contributed by atoms with E-state index in [1.54, 1.807) is 69.3 Å². The van der Waals surface area contributed by atoms with Crippen molar-refractivity contribution in [3.63, 3.8) is 0 Å². The van der Waals surface area contributed by atoms with Crippen molar-refractivity contribution in [2.24, 2.45) is 22.7 Å². The third-order valence-corrected chi connectivity index (χ3v) is 13.5. The van der Waals surface area contributed by atoms with E-state index in [-0.39, 0.29) is 29.7 Å². The van der Waals surface area contributed by atoms with Gasteiger partial charge in [0.1, 0.15) is 23.9 Å². The molecule has 1 amide bonds. The molecule has 3 aliphatic carbocycles. The molecule has 15 heteroatoms. The highest BCUT2D eigenvalue weighted by atomic mass is 16.6. The molecule has 0 spiro atoms. The number of amides is 1. The smallest absolute Gasteiger partial charge is 0.338 e. The Morgan fingerprint density at radius 3 is 2.10 bits per heavy atom. The fraction of sp³-hybridized carbons (Fsp3) is 0.556.